The lowest BCUT2D eigenvalue weighted by molar-refractivity contribution is -0.137. The Morgan fingerprint density at radius 1 is 1.20 bits per heavy atom. The average Bonchev–Trinajstić information content (AvgIpc) is 3.01. The van der Waals surface area contributed by atoms with E-state index in [9.17, 15) is 31.8 Å². The second-order valence-electron chi connectivity index (χ2n) is 7.57. The van der Waals surface area contributed by atoms with Crippen LogP contribution in [0.4, 0.5) is 18.9 Å². The predicted octanol–water partition coefficient (Wildman–Crippen LogP) is -0.134. The van der Waals surface area contributed by atoms with Crippen LogP contribution in [-0.2, 0) is 20.9 Å². The third-order valence-electron chi connectivity index (χ3n) is 5.46. The monoisotopic (exact) mass is 453 g/mol. The fourth-order valence-corrected chi connectivity index (χ4v) is 4.45. The summed E-state index contributed by atoms with van der Waals surface area (Å²) in [6, 6.07) is 4.60. The van der Waals surface area contributed by atoms with Crippen LogP contribution in [0.3, 0.4) is 0 Å². The summed E-state index contributed by atoms with van der Waals surface area (Å²) < 4.78 is 69.8. The number of alkyl halides is 3. The first-order chi connectivity index (χ1) is 14.0. The summed E-state index contributed by atoms with van der Waals surface area (Å²) in [6.45, 7) is 1.28. The van der Waals surface area contributed by atoms with Gasteiger partial charge >= 0.3 is 6.18 Å². The van der Waals surface area contributed by atoms with Crippen LogP contribution in [-0.4, -0.2) is 93.5 Å². The third-order valence-corrected chi connectivity index (χ3v) is 6.15. The number of aliphatic hydroxyl groups is 2. The lowest BCUT2D eigenvalue weighted by atomic mass is 10.0. The molecule has 2 fully saturated rings. The lowest BCUT2D eigenvalue weighted by Crippen LogP contribution is -2.57. The molecule has 2 heterocycles. The van der Waals surface area contributed by atoms with Crippen LogP contribution >= 0.6 is 0 Å². The van der Waals surface area contributed by atoms with Gasteiger partial charge in [-0.15, -0.1) is 0 Å². The number of piperazine rings is 1. The Kier molecular flexibility index (Phi) is 6.94. The number of hydrogen-bond donors (Lipinski definition) is 3. The van der Waals surface area contributed by atoms with Gasteiger partial charge in [-0.25, -0.2) is 13.1 Å². The summed E-state index contributed by atoms with van der Waals surface area (Å²) >= 11 is 0. The topological polar surface area (TPSA) is 102 Å². The highest BCUT2D eigenvalue weighted by Crippen LogP contribution is 2.32. The second-order valence-corrected chi connectivity index (χ2v) is 9.40. The van der Waals surface area contributed by atoms with Gasteiger partial charge in [0.05, 0.1) is 30.6 Å². The van der Waals surface area contributed by atoms with Gasteiger partial charge in [-0.3, -0.25) is 4.90 Å². The molecule has 1 aromatic rings. The van der Waals surface area contributed by atoms with E-state index in [1.54, 1.807) is 6.07 Å². The van der Waals surface area contributed by atoms with Gasteiger partial charge in [-0.1, -0.05) is 6.07 Å². The van der Waals surface area contributed by atoms with E-state index in [2.05, 4.69) is 4.72 Å². The summed E-state index contributed by atoms with van der Waals surface area (Å²) in [5.41, 5.74) is -0.240. The Bertz CT molecular complexity index is 831. The van der Waals surface area contributed by atoms with Crippen LogP contribution in [0.5, 0.6) is 0 Å². The number of anilines is 1. The van der Waals surface area contributed by atoms with E-state index in [1.165, 1.54) is 6.07 Å². The largest absolute Gasteiger partial charge is 0.416 e. The molecule has 3 N–H and O–H groups in total. The second kappa shape index (κ2) is 8.97. The van der Waals surface area contributed by atoms with Gasteiger partial charge in [0.25, 0.3) is 0 Å². The maximum atomic E-state index is 13.0. The van der Waals surface area contributed by atoms with Gasteiger partial charge in [-0.2, -0.15) is 13.2 Å². The molecule has 8 nitrogen and oxygen atoms in total. The molecule has 0 spiro atoms. The van der Waals surface area contributed by atoms with Crippen LogP contribution in [0.15, 0.2) is 24.3 Å². The predicted molar refractivity (Wildman–Crippen MR) is 104 cm³/mol. The zero-order valence-electron chi connectivity index (χ0n) is 16.4. The molecule has 3 rings (SSSR count). The Morgan fingerprint density at radius 2 is 1.87 bits per heavy atom. The molecule has 2 saturated heterocycles. The molecule has 0 bridgehead atoms. The number of rotatable bonds is 6. The van der Waals surface area contributed by atoms with E-state index in [-0.39, 0.29) is 6.54 Å². The highest BCUT2D eigenvalue weighted by molar-refractivity contribution is 7.88. The minimum Gasteiger partial charge on any atom is -0.394 e. The molecule has 0 aromatic heterocycles. The molecular weight excluding hydrogens is 427 g/mol. The van der Waals surface area contributed by atoms with E-state index >= 15 is 0 Å². The van der Waals surface area contributed by atoms with Crippen molar-refractivity contribution in [2.75, 3.05) is 50.5 Å². The standard InChI is InChI=1S/C18H26F3N3O5S/c1-30(27,28)22-10-14-16(17(26)15(11-25)29-14)24-7-5-23(6-8-24)13-4-2-3-12(9-13)18(19,20)21/h2-4,9,14-17,22,25-26H,5-8,10-11H2,1H3/t14-,15+,16+,17-/m1/s1. The average molecular weight is 453 g/mol. The Morgan fingerprint density at radius 3 is 2.43 bits per heavy atom. The molecule has 2 aliphatic heterocycles. The van der Waals surface area contributed by atoms with Gasteiger partial charge in [0, 0.05) is 38.4 Å². The number of hydrogen-bond acceptors (Lipinski definition) is 7. The van der Waals surface area contributed by atoms with Crippen molar-refractivity contribution in [3.05, 3.63) is 29.8 Å². The summed E-state index contributed by atoms with van der Waals surface area (Å²) in [4.78, 5) is 3.76. The fraction of sp³-hybridized carbons (Fsp3) is 0.667. The lowest BCUT2D eigenvalue weighted by Gasteiger charge is -2.41. The summed E-state index contributed by atoms with van der Waals surface area (Å²) in [5, 5.41) is 20.0. The Hall–Kier alpha value is -1.44. The number of nitrogens with one attached hydrogen (secondary N) is 1. The van der Waals surface area contributed by atoms with Crippen molar-refractivity contribution in [3.63, 3.8) is 0 Å². The zero-order valence-corrected chi connectivity index (χ0v) is 17.2. The van der Waals surface area contributed by atoms with Crippen molar-refractivity contribution in [1.82, 2.24) is 9.62 Å². The highest BCUT2D eigenvalue weighted by atomic mass is 32.2. The molecule has 0 radical (unpaired) electrons. The molecule has 1 aromatic carbocycles. The minimum absolute atomic E-state index is 0.0507. The number of ether oxygens (including phenoxy) is 1. The third kappa shape index (κ3) is 5.42. The SMILES string of the molecule is CS(=O)(=O)NC[C@H]1O[C@@H](CO)[C@@H](O)[C@H]1N1CCN(c2cccc(C(F)(F)F)c2)CC1. The molecule has 2 aliphatic rings. The van der Waals surface area contributed by atoms with Gasteiger partial charge in [0.1, 0.15) is 12.2 Å². The number of benzene rings is 1. The van der Waals surface area contributed by atoms with Crippen LogP contribution in [0.2, 0.25) is 0 Å². The van der Waals surface area contributed by atoms with E-state index in [4.69, 9.17) is 4.74 Å². The van der Waals surface area contributed by atoms with Crippen LogP contribution < -0.4 is 9.62 Å². The van der Waals surface area contributed by atoms with Crippen LogP contribution in [0, 0.1) is 0 Å². The van der Waals surface area contributed by atoms with Crippen molar-refractivity contribution in [2.45, 2.75) is 30.5 Å². The molecule has 170 valence electrons. The Balaban J connectivity index is 1.68. The van der Waals surface area contributed by atoms with Gasteiger partial charge in [0.2, 0.25) is 10.0 Å². The highest BCUT2D eigenvalue weighted by Gasteiger charge is 2.46. The van der Waals surface area contributed by atoms with Gasteiger partial charge in [0.15, 0.2) is 0 Å². The summed E-state index contributed by atoms with van der Waals surface area (Å²) in [7, 11) is -3.46. The smallest absolute Gasteiger partial charge is 0.394 e. The molecule has 4 atom stereocenters. The first-order valence-electron chi connectivity index (χ1n) is 9.55. The van der Waals surface area contributed by atoms with Gasteiger partial charge < -0.3 is 19.8 Å². The first kappa shape index (κ1) is 23.2. The summed E-state index contributed by atoms with van der Waals surface area (Å²) in [5.74, 6) is 0. The van der Waals surface area contributed by atoms with Crippen molar-refractivity contribution in [1.29, 1.82) is 0 Å². The van der Waals surface area contributed by atoms with E-state index in [0.717, 1.165) is 18.4 Å². The minimum atomic E-state index is -4.41. The fourth-order valence-electron chi connectivity index (χ4n) is 3.99. The molecule has 30 heavy (non-hydrogen) atoms. The molecule has 0 amide bonds. The van der Waals surface area contributed by atoms with E-state index in [0.29, 0.717) is 31.9 Å². The Labute approximate surface area is 173 Å². The summed E-state index contributed by atoms with van der Waals surface area (Å²) in [6.07, 6.45) is -5.90. The maximum Gasteiger partial charge on any atom is 0.416 e. The zero-order chi connectivity index (χ0) is 22.1. The van der Waals surface area contributed by atoms with Crippen LogP contribution in [0.1, 0.15) is 5.56 Å². The molecule has 0 aliphatic carbocycles. The molecular formula is C18H26F3N3O5S. The number of nitrogens with zero attached hydrogens (tertiary/aromatic N) is 2. The number of sulfonamides is 1. The van der Waals surface area contributed by atoms with Crippen molar-refractivity contribution in [2.24, 2.45) is 0 Å². The van der Waals surface area contributed by atoms with E-state index < -0.39 is 52.7 Å². The van der Waals surface area contributed by atoms with Crippen molar-refractivity contribution in [3.8, 4) is 0 Å². The van der Waals surface area contributed by atoms with Crippen LogP contribution in [0.25, 0.3) is 0 Å². The van der Waals surface area contributed by atoms with E-state index in [1.807, 2.05) is 9.80 Å². The van der Waals surface area contributed by atoms with Gasteiger partial charge in [-0.05, 0) is 18.2 Å². The first-order valence-corrected chi connectivity index (χ1v) is 11.4. The maximum absolute atomic E-state index is 13.0. The molecule has 12 heteroatoms. The number of halogens is 3. The molecule has 0 unspecified atom stereocenters. The normalized spacial score (nSPS) is 28.8. The quantitative estimate of drug-likeness (QED) is 0.551. The number of aliphatic hydroxyl groups excluding tert-OH is 2. The van der Waals surface area contributed by atoms with Crippen molar-refractivity contribution < 1.29 is 36.5 Å². The van der Waals surface area contributed by atoms with Crippen molar-refractivity contribution >= 4 is 15.7 Å². The molecule has 0 saturated carbocycles.